The van der Waals surface area contributed by atoms with Gasteiger partial charge in [-0.15, -0.1) is 0 Å². The molecule has 0 aliphatic heterocycles. The van der Waals surface area contributed by atoms with E-state index in [9.17, 15) is 20.2 Å². The fraction of sp³-hybridized carbons (Fsp3) is 0.500. The molecule has 0 heterocycles. The third kappa shape index (κ3) is 3.38. The molecule has 1 fully saturated rings. The van der Waals surface area contributed by atoms with Crippen molar-refractivity contribution >= 4 is 22.8 Å². The van der Waals surface area contributed by atoms with Gasteiger partial charge in [-0.1, -0.05) is 20.3 Å². The van der Waals surface area contributed by atoms with Crippen LogP contribution in [0.1, 0.15) is 33.1 Å². The van der Waals surface area contributed by atoms with Crippen molar-refractivity contribution in [3.8, 4) is 0 Å². The van der Waals surface area contributed by atoms with Crippen molar-refractivity contribution in [3.05, 3.63) is 38.4 Å². The number of nitrogens with zero attached hydrogens (tertiary/aromatic N) is 3. The third-order valence-electron chi connectivity index (χ3n) is 3.98. The topological polar surface area (TPSA) is 111 Å². The molecule has 0 radical (unpaired) electrons. The second kappa shape index (κ2) is 6.50. The molecule has 0 amide bonds. The molecule has 1 aliphatic carbocycles. The van der Waals surface area contributed by atoms with Crippen molar-refractivity contribution in [3.63, 3.8) is 0 Å². The summed E-state index contributed by atoms with van der Waals surface area (Å²) in [5.74, 6) is 0.654. The van der Waals surface area contributed by atoms with Gasteiger partial charge in [0.1, 0.15) is 5.69 Å². The summed E-state index contributed by atoms with van der Waals surface area (Å²) < 4.78 is 0. The Morgan fingerprint density at radius 3 is 2.32 bits per heavy atom. The van der Waals surface area contributed by atoms with E-state index in [0.717, 1.165) is 31.0 Å². The molecule has 118 valence electrons. The molecule has 1 N–H and O–H groups in total. The van der Waals surface area contributed by atoms with Gasteiger partial charge in [0.2, 0.25) is 0 Å². The summed E-state index contributed by atoms with van der Waals surface area (Å²) in [5, 5.41) is 26.1. The fourth-order valence-electron chi connectivity index (χ4n) is 2.74. The number of hydrogen-bond donors (Lipinski definition) is 1. The first-order valence-electron chi connectivity index (χ1n) is 7.16. The molecule has 8 heteroatoms. The van der Waals surface area contributed by atoms with E-state index in [2.05, 4.69) is 24.4 Å². The zero-order chi connectivity index (χ0) is 16.3. The monoisotopic (exact) mass is 306 g/mol. The minimum absolute atomic E-state index is 0.160. The molecular weight excluding hydrogens is 288 g/mol. The van der Waals surface area contributed by atoms with E-state index in [1.165, 1.54) is 12.1 Å². The predicted molar refractivity (Wildman–Crippen MR) is 83.0 cm³/mol. The van der Waals surface area contributed by atoms with Crippen LogP contribution >= 0.6 is 0 Å². The second-order valence-corrected chi connectivity index (χ2v) is 5.60. The first-order valence-corrected chi connectivity index (χ1v) is 7.16. The highest BCUT2D eigenvalue weighted by atomic mass is 16.6. The van der Waals surface area contributed by atoms with Crippen molar-refractivity contribution in [2.45, 2.75) is 33.1 Å². The van der Waals surface area contributed by atoms with Crippen LogP contribution in [0.5, 0.6) is 0 Å². The minimum atomic E-state index is -0.659. The normalized spacial score (nSPS) is 21.3. The van der Waals surface area contributed by atoms with Crippen LogP contribution in [0.4, 0.5) is 17.1 Å². The number of hydrogen-bond acceptors (Lipinski definition) is 6. The second-order valence-electron chi connectivity index (χ2n) is 5.60. The van der Waals surface area contributed by atoms with Crippen molar-refractivity contribution < 1.29 is 9.85 Å². The Balaban J connectivity index is 2.29. The van der Waals surface area contributed by atoms with E-state index in [-0.39, 0.29) is 17.1 Å². The Hall–Kier alpha value is -2.51. The maximum absolute atomic E-state index is 11.1. The van der Waals surface area contributed by atoms with Gasteiger partial charge in [0, 0.05) is 11.8 Å². The first kappa shape index (κ1) is 15.9. The summed E-state index contributed by atoms with van der Waals surface area (Å²) in [6.45, 7) is 4.17. The van der Waals surface area contributed by atoms with E-state index < -0.39 is 9.85 Å². The average Bonchev–Trinajstić information content (AvgIpc) is 2.46. The number of non-ortho nitro benzene ring substituents is 1. The molecule has 1 aromatic rings. The van der Waals surface area contributed by atoms with Gasteiger partial charge in [0.25, 0.3) is 5.69 Å². The highest BCUT2D eigenvalue weighted by molar-refractivity contribution is 5.89. The van der Waals surface area contributed by atoms with Crippen molar-refractivity contribution in [1.82, 2.24) is 0 Å². The van der Waals surface area contributed by atoms with Crippen molar-refractivity contribution in [2.24, 2.45) is 16.9 Å². The van der Waals surface area contributed by atoms with Crippen LogP contribution < -0.4 is 5.43 Å². The van der Waals surface area contributed by atoms with Gasteiger partial charge in [-0.2, -0.15) is 5.10 Å². The van der Waals surface area contributed by atoms with Gasteiger partial charge in [0.05, 0.1) is 15.9 Å². The largest absolute Gasteiger partial charge is 0.301 e. The molecule has 1 aliphatic rings. The van der Waals surface area contributed by atoms with E-state index in [0.29, 0.717) is 11.8 Å². The minimum Gasteiger partial charge on any atom is -0.272 e. The average molecular weight is 306 g/mol. The molecule has 0 aromatic heterocycles. The smallest absolute Gasteiger partial charge is 0.272 e. The van der Waals surface area contributed by atoms with Gasteiger partial charge in [-0.3, -0.25) is 25.7 Å². The van der Waals surface area contributed by atoms with Gasteiger partial charge in [0.15, 0.2) is 0 Å². The van der Waals surface area contributed by atoms with Crippen LogP contribution in [0.3, 0.4) is 0 Å². The van der Waals surface area contributed by atoms with E-state index >= 15 is 0 Å². The lowest BCUT2D eigenvalue weighted by Gasteiger charge is -2.26. The standard InChI is InChI=1S/C14H18N4O4/c1-9-4-3-5-10(2)14(9)16-15-12-7-6-11(17(19)20)8-13(12)18(21)22/h6-10,15H,3-5H2,1-2H3. The highest BCUT2D eigenvalue weighted by Gasteiger charge is 2.24. The molecule has 2 atom stereocenters. The van der Waals surface area contributed by atoms with Crippen LogP contribution in [0.15, 0.2) is 23.3 Å². The Bertz CT molecular complexity index is 617. The summed E-state index contributed by atoms with van der Waals surface area (Å²) in [6, 6.07) is 3.48. The lowest BCUT2D eigenvalue weighted by atomic mass is 9.81. The summed E-state index contributed by atoms with van der Waals surface area (Å²) in [5.41, 5.74) is 3.19. The van der Waals surface area contributed by atoms with Gasteiger partial charge < -0.3 is 0 Å². The molecule has 22 heavy (non-hydrogen) atoms. The quantitative estimate of drug-likeness (QED) is 0.673. The Morgan fingerprint density at radius 2 is 1.77 bits per heavy atom. The van der Waals surface area contributed by atoms with E-state index in [1.54, 1.807) is 0 Å². The number of nitro benzene ring substituents is 2. The molecule has 1 saturated carbocycles. The number of rotatable bonds is 4. The Labute approximate surface area is 127 Å². The Morgan fingerprint density at radius 1 is 1.14 bits per heavy atom. The van der Waals surface area contributed by atoms with Crippen LogP contribution in [-0.4, -0.2) is 15.6 Å². The van der Waals surface area contributed by atoms with Crippen LogP contribution in [0.2, 0.25) is 0 Å². The summed E-state index contributed by atoms with van der Waals surface area (Å²) in [6.07, 6.45) is 3.25. The molecule has 0 saturated heterocycles. The zero-order valence-corrected chi connectivity index (χ0v) is 12.5. The Kier molecular flexibility index (Phi) is 4.69. The van der Waals surface area contributed by atoms with Crippen LogP contribution in [0.25, 0.3) is 0 Å². The SMILES string of the molecule is CC1CCCC(C)C1=NNc1ccc([N+](=O)[O-])cc1[N+](=O)[O-]. The molecule has 2 unspecified atom stereocenters. The highest BCUT2D eigenvalue weighted by Crippen LogP contribution is 2.30. The van der Waals surface area contributed by atoms with Crippen LogP contribution in [-0.2, 0) is 0 Å². The van der Waals surface area contributed by atoms with Gasteiger partial charge >= 0.3 is 5.69 Å². The molecule has 1 aromatic carbocycles. The zero-order valence-electron chi connectivity index (χ0n) is 12.5. The lowest BCUT2D eigenvalue weighted by molar-refractivity contribution is -0.393. The summed E-state index contributed by atoms with van der Waals surface area (Å²) in [4.78, 5) is 20.5. The lowest BCUT2D eigenvalue weighted by Crippen LogP contribution is -2.25. The van der Waals surface area contributed by atoms with E-state index in [1.807, 2.05) is 0 Å². The number of nitrogens with one attached hydrogen (secondary N) is 1. The maximum atomic E-state index is 11.1. The molecular formula is C14H18N4O4. The predicted octanol–water partition coefficient (Wildman–Crippen LogP) is 3.73. The summed E-state index contributed by atoms with van der Waals surface area (Å²) >= 11 is 0. The summed E-state index contributed by atoms with van der Waals surface area (Å²) in [7, 11) is 0. The number of hydrazone groups is 1. The number of benzene rings is 1. The molecule has 8 nitrogen and oxygen atoms in total. The molecule has 0 spiro atoms. The van der Waals surface area contributed by atoms with Crippen molar-refractivity contribution in [2.75, 3.05) is 5.43 Å². The van der Waals surface area contributed by atoms with Crippen molar-refractivity contribution in [1.29, 1.82) is 0 Å². The molecule has 0 bridgehead atoms. The van der Waals surface area contributed by atoms with Crippen LogP contribution in [0, 0.1) is 32.1 Å². The number of anilines is 1. The molecule has 2 rings (SSSR count). The maximum Gasteiger partial charge on any atom is 0.301 e. The third-order valence-corrected chi connectivity index (χ3v) is 3.98. The van der Waals surface area contributed by atoms with Gasteiger partial charge in [-0.05, 0) is 30.7 Å². The van der Waals surface area contributed by atoms with Gasteiger partial charge in [-0.25, -0.2) is 0 Å². The number of nitro groups is 2. The first-order chi connectivity index (χ1) is 10.4. The fourth-order valence-corrected chi connectivity index (χ4v) is 2.74. The van der Waals surface area contributed by atoms with E-state index in [4.69, 9.17) is 0 Å².